The Morgan fingerprint density at radius 1 is 1.05 bits per heavy atom. The van der Waals surface area contributed by atoms with Gasteiger partial charge in [-0.3, -0.25) is 0 Å². The molecule has 0 aliphatic carbocycles. The molecule has 0 spiro atoms. The van der Waals surface area contributed by atoms with E-state index in [1.54, 1.807) is 23.9 Å². The summed E-state index contributed by atoms with van der Waals surface area (Å²) in [6, 6.07) is 16.9. The zero-order valence-electron chi connectivity index (χ0n) is 11.3. The number of rotatable bonds is 7. The van der Waals surface area contributed by atoms with E-state index < -0.39 is 0 Å². The fraction of sp³-hybridized carbons (Fsp3) is 0.294. The molecule has 2 rings (SSSR count). The van der Waals surface area contributed by atoms with E-state index in [0.29, 0.717) is 0 Å². The Bertz CT molecular complexity index is 515. The second kappa shape index (κ2) is 8.08. The summed E-state index contributed by atoms with van der Waals surface area (Å²) in [5.74, 6) is 0.941. The van der Waals surface area contributed by atoms with Crippen molar-refractivity contribution >= 4 is 11.8 Å². The molecule has 0 radical (unpaired) electrons. The molecule has 3 heteroatoms. The van der Waals surface area contributed by atoms with Crippen molar-refractivity contribution in [1.29, 1.82) is 0 Å². The van der Waals surface area contributed by atoms with Crippen molar-refractivity contribution < 1.29 is 9.50 Å². The molecule has 1 atom stereocenters. The van der Waals surface area contributed by atoms with Gasteiger partial charge in [-0.05, 0) is 54.3 Å². The molecule has 0 aliphatic rings. The van der Waals surface area contributed by atoms with Gasteiger partial charge in [0.2, 0.25) is 0 Å². The molecular formula is C17H19FOS. The zero-order chi connectivity index (χ0) is 14.2. The van der Waals surface area contributed by atoms with Crippen LogP contribution < -0.4 is 0 Å². The fourth-order valence-corrected chi connectivity index (χ4v) is 3.15. The average Bonchev–Trinajstić information content (AvgIpc) is 2.47. The van der Waals surface area contributed by atoms with Crippen molar-refractivity contribution in [1.82, 2.24) is 0 Å². The summed E-state index contributed by atoms with van der Waals surface area (Å²) in [5.41, 5.74) is 0.953. The number of benzene rings is 2. The highest BCUT2D eigenvalue weighted by Crippen LogP contribution is 2.21. The lowest BCUT2D eigenvalue weighted by Gasteiger charge is -2.14. The highest BCUT2D eigenvalue weighted by atomic mass is 32.2. The summed E-state index contributed by atoms with van der Waals surface area (Å²) in [5, 5.41) is 9.45. The van der Waals surface area contributed by atoms with Crippen LogP contribution in [0.1, 0.15) is 12.0 Å². The predicted octanol–water partition coefficient (Wildman–Crippen LogP) is 4.16. The van der Waals surface area contributed by atoms with Gasteiger partial charge in [0.1, 0.15) is 5.82 Å². The highest BCUT2D eigenvalue weighted by molar-refractivity contribution is 7.99. The minimum atomic E-state index is -0.210. The molecule has 20 heavy (non-hydrogen) atoms. The molecule has 0 bridgehead atoms. The van der Waals surface area contributed by atoms with Gasteiger partial charge in [-0.2, -0.15) is 0 Å². The van der Waals surface area contributed by atoms with Gasteiger partial charge in [0, 0.05) is 11.5 Å². The lowest BCUT2D eigenvalue weighted by Crippen LogP contribution is -2.11. The van der Waals surface area contributed by atoms with Crippen molar-refractivity contribution in [3.8, 4) is 0 Å². The van der Waals surface area contributed by atoms with E-state index in [0.717, 1.165) is 24.2 Å². The largest absolute Gasteiger partial charge is 0.396 e. The molecular weight excluding hydrogens is 271 g/mol. The summed E-state index contributed by atoms with van der Waals surface area (Å²) in [4.78, 5) is 1.25. The van der Waals surface area contributed by atoms with Crippen LogP contribution in [0.15, 0.2) is 59.5 Å². The number of halogens is 1. The van der Waals surface area contributed by atoms with Crippen molar-refractivity contribution in [2.45, 2.75) is 17.7 Å². The van der Waals surface area contributed by atoms with Crippen LogP contribution in [-0.2, 0) is 6.42 Å². The van der Waals surface area contributed by atoms with E-state index in [9.17, 15) is 9.50 Å². The highest BCUT2D eigenvalue weighted by Gasteiger charge is 2.09. The zero-order valence-corrected chi connectivity index (χ0v) is 12.2. The van der Waals surface area contributed by atoms with E-state index >= 15 is 0 Å². The van der Waals surface area contributed by atoms with E-state index in [1.165, 1.54) is 11.0 Å². The fourth-order valence-electron chi connectivity index (χ4n) is 2.12. The second-order valence-electron chi connectivity index (χ2n) is 4.83. The van der Waals surface area contributed by atoms with Crippen molar-refractivity contribution in [3.63, 3.8) is 0 Å². The Morgan fingerprint density at radius 2 is 1.85 bits per heavy atom. The van der Waals surface area contributed by atoms with Gasteiger partial charge < -0.3 is 5.11 Å². The van der Waals surface area contributed by atoms with Crippen LogP contribution in [0.25, 0.3) is 0 Å². The predicted molar refractivity (Wildman–Crippen MR) is 82.5 cm³/mol. The molecule has 1 unspecified atom stereocenters. The maximum Gasteiger partial charge on any atom is 0.123 e. The van der Waals surface area contributed by atoms with Crippen molar-refractivity contribution in [2.24, 2.45) is 5.92 Å². The first-order valence-electron chi connectivity index (χ1n) is 6.81. The third kappa shape index (κ3) is 4.99. The number of aliphatic hydroxyl groups excluding tert-OH is 1. The SMILES string of the molecule is OCC(CCSc1ccccc1)Cc1cccc(F)c1. The maximum absolute atomic E-state index is 13.1. The van der Waals surface area contributed by atoms with Crippen LogP contribution in [0.4, 0.5) is 4.39 Å². The molecule has 0 saturated carbocycles. The lowest BCUT2D eigenvalue weighted by atomic mass is 9.98. The molecule has 106 valence electrons. The van der Waals surface area contributed by atoms with Crippen molar-refractivity contribution in [3.05, 3.63) is 66.0 Å². The number of aliphatic hydroxyl groups is 1. The molecule has 0 fully saturated rings. The van der Waals surface area contributed by atoms with Crippen LogP contribution >= 0.6 is 11.8 Å². The van der Waals surface area contributed by atoms with E-state index in [1.807, 2.05) is 24.3 Å². The first-order valence-corrected chi connectivity index (χ1v) is 7.79. The maximum atomic E-state index is 13.1. The van der Waals surface area contributed by atoms with Gasteiger partial charge in [-0.25, -0.2) is 4.39 Å². The van der Waals surface area contributed by atoms with E-state index in [-0.39, 0.29) is 18.3 Å². The molecule has 0 amide bonds. The Balaban J connectivity index is 1.80. The topological polar surface area (TPSA) is 20.2 Å². The molecule has 2 aromatic carbocycles. The molecule has 0 heterocycles. The molecule has 2 aromatic rings. The standard InChI is InChI=1S/C17H19FOS/c18-16-6-4-5-14(12-16)11-15(13-19)9-10-20-17-7-2-1-3-8-17/h1-8,12,15,19H,9-11,13H2. The molecule has 0 saturated heterocycles. The van der Waals surface area contributed by atoms with Gasteiger partial charge in [-0.1, -0.05) is 30.3 Å². The van der Waals surface area contributed by atoms with Crippen LogP contribution in [0.3, 0.4) is 0 Å². The normalized spacial score (nSPS) is 12.3. The minimum absolute atomic E-state index is 0.145. The molecule has 0 aliphatic heterocycles. The first-order chi connectivity index (χ1) is 9.78. The van der Waals surface area contributed by atoms with Gasteiger partial charge in [0.25, 0.3) is 0 Å². The van der Waals surface area contributed by atoms with Crippen LogP contribution in [0, 0.1) is 11.7 Å². The van der Waals surface area contributed by atoms with Crippen molar-refractivity contribution in [2.75, 3.05) is 12.4 Å². The number of hydrogen-bond donors (Lipinski definition) is 1. The van der Waals surface area contributed by atoms with E-state index in [2.05, 4.69) is 12.1 Å². The summed E-state index contributed by atoms with van der Waals surface area (Å²) in [6.07, 6.45) is 1.65. The third-order valence-corrected chi connectivity index (χ3v) is 4.25. The summed E-state index contributed by atoms with van der Waals surface area (Å²) >= 11 is 1.79. The third-order valence-electron chi connectivity index (χ3n) is 3.21. The summed E-state index contributed by atoms with van der Waals surface area (Å²) in [7, 11) is 0. The van der Waals surface area contributed by atoms with Crippen LogP contribution in [-0.4, -0.2) is 17.5 Å². The van der Waals surface area contributed by atoms with Gasteiger partial charge in [-0.15, -0.1) is 11.8 Å². The Morgan fingerprint density at radius 3 is 2.55 bits per heavy atom. The molecule has 1 N–H and O–H groups in total. The summed E-state index contributed by atoms with van der Waals surface area (Å²) < 4.78 is 13.1. The lowest BCUT2D eigenvalue weighted by molar-refractivity contribution is 0.223. The quantitative estimate of drug-likeness (QED) is 0.773. The Hall–Kier alpha value is -1.32. The number of thioether (sulfide) groups is 1. The van der Waals surface area contributed by atoms with Gasteiger partial charge >= 0.3 is 0 Å². The monoisotopic (exact) mass is 290 g/mol. The average molecular weight is 290 g/mol. The minimum Gasteiger partial charge on any atom is -0.396 e. The smallest absolute Gasteiger partial charge is 0.123 e. The Labute approximate surface area is 123 Å². The molecule has 0 aromatic heterocycles. The van der Waals surface area contributed by atoms with Gasteiger partial charge in [0.05, 0.1) is 0 Å². The Kier molecular flexibility index (Phi) is 6.09. The van der Waals surface area contributed by atoms with Gasteiger partial charge in [0.15, 0.2) is 0 Å². The number of hydrogen-bond acceptors (Lipinski definition) is 2. The first kappa shape index (κ1) is 15.1. The summed E-state index contributed by atoms with van der Waals surface area (Å²) in [6.45, 7) is 0.145. The van der Waals surface area contributed by atoms with E-state index in [4.69, 9.17) is 0 Å². The molecule has 1 nitrogen and oxygen atoms in total. The second-order valence-corrected chi connectivity index (χ2v) is 6.00. The van der Waals surface area contributed by atoms with Crippen LogP contribution in [0.5, 0.6) is 0 Å². The van der Waals surface area contributed by atoms with Crippen LogP contribution in [0.2, 0.25) is 0 Å².